The number of likely N-dealkylation sites (N-methyl/N-ethyl adjacent to an activating group) is 3. The first-order valence-electron chi connectivity index (χ1n) is 6.71. The molecule has 0 aliphatic carbocycles. The molecule has 0 atom stereocenters. The Kier molecular flexibility index (Phi) is 11.4. The van der Waals surface area contributed by atoms with Gasteiger partial charge in [-0.25, -0.2) is 0 Å². The van der Waals surface area contributed by atoms with E-state index in [-0.39, 0.29) is 0 Å². The highest BCUT2D eigenvalue weighted by atomic mass is 16.8. The maximum Gasteiger partial charge on any atom is 0.271 e. The number of hydrogen-bond acceptors (Lipinski definition) is 6. The molecular weight excluding hydrogens is 246 g/mol. The Morgan fingerprint density at radius 1 is 0.579 bits per heavy atom. The minimum absolute atomic E-state index is 0.570. The number of ether oxygens (including phenoxy) is 3. The smallest absolute Gasteiger partial charge is 0.271 e. The van der Waals surface area contributed by atoms with E-state index >= 15 is 0 Å². The van der Waals surface area contributed by atoms with Gasteiger partial charge in [-0.15, -0.1) is 0 Å². The molecule has 0 fully saturated rings. The summed E-state index contributed by atoms with van der Waals surface area (Å²) in [5.41, 5.74) is 0. The standard InChI is InChI=1S/C13H31N3O3/c1-14(2)7-10-17-13(18-11-8-15(3)4)19-12-9-16(5)6/h13H,7-12H2,1-6H3. The van der Waals surface area contributed by atoms with E-state index in [2.05, 4.69) is 14.7 Å². The van der Waals surface area contributed by atoms with E-state index in [9.17, 15) is 0 Å². The van der Waals surface area contributed by atoms with Crippen molar-refractivity contribution in [3.8, 4) is 0 Å². The second kappa shape index (κ2) is 11.6. The Balaban J connectivity index is 3.85. The Morgan fingerprint density at radius 3 is 1.05 bits per heavy atom. The van der Waals surface area contributed by atoms with E-state index < -0.39 is 6.48 Å². The molecule has 0 unspecified atom stereocenters. The first-order chi connectivity index (χ1) is 8.91. The summed E-state index contributed by atoms with van der Waals surface area (Å²) in [6, 6.07) is 0. The SMILES string of the molecule is CN(C)CCOC(OCCN(C)C)OCCN(C)C. The van der Waals surface area contributed by atoms with E-state index in [1.165, 1.54) is 0 Å². The quantitative estimate of drug-likeness (QED) is 0.468. The van der Waals surface area contributed by atoms with Gasteiger partial charge < -0.3 is 28.9 Å². The van der Waals surface area contributed by atoms with Crippen LogP contribution in [0.1, 0.15) is 0 Å². The van der Waals surface area contributed by atoms with Crippen LogP contribution < -0.4 is 0 Å². The molecule has 0 heterocycles. The van der Waals surface area contributed by atoms with Crippen molar-refractivity contribution < 1.29 is 14.2 Å². The molecule has 0 aliphatic heterocycles. The van der Waals surface area contributed by atoms with Crippen LogP contribution in [0, 0.1) is 0 Å². The van der Waals surface area contributed by atoms with Crippen LogP contribution in [0.25, 0.3) is 0 Å². The second-order valence-corrected chi connectivity index (χ2v) is 5.31. The van der Waals surface area contributed by atoms with Gasteiger partial charge in [0.1, 0.15) is 0 Å². The first-order valence-corrected chi connectivity index (χ1v) is 6.71. The van der Waals surface area contributed by atoms with Gasteiger partial charge in [-0.05, 0) is 42.3 Å². The molecule has 6 heteroatoms. The maximum atomic E-state index is 5.59. The Morgan fingerprint density at radius 2 is 0.842 bits per heavy atom. The molecular formula is C13H31N3O3. The fourth-order valence-electron chi connectivity index (χ4n) is 1.14. The first kappa shape index (κ1) is 18.8. The number of rotatable bonds is 12. The molecule has 0 N–H and O–H groups in total. The van der Waals surface area contributed by atoms with Crippen LogP contribution in [-0.4, -0.2) is 103 Å². The fourth-order valence-corrected chi connectivity index (χ4v) is 1.14. The van der Waals surface area contributed by atoms with Crippen molar-refractivity contribution in [2.45, 2.75) is 6.48 Å². The lowest BCUT2D eigenvalue weighted by molar-refractivity contribution is -0.289. The van der Waals surface area contributed by atoms with Crippen LogP contribution >= 0.6 is 0 Å². The van der Waals surface area contributed by atoms with Gasteiger partial charge in [0.2, 0.25) is 0 Å². The lowest BCUT2D eigenvalue weighted by atomic mass is 10.6. The topological polar surface area (TPSA) is 37.4 Å². The molecule has 19 heavy (non-hydrogen) atoms. The van der Waals surface area contributed by atoms with Crippen LogP contribution in [0.3, 0.4) is 0 Å². The number of nitrogens with zero attached hydrogens (tertiary/aromatic N) is 3. The molecule has 6 nitrogen and oxygen atoms in total. The fraction of sp³-hybridized carbons (Fsp3) is 1.00. The van der Waals surface area contributed by atoms with Crippen molar-refractivity contribution >= 4 is 0 Å². The summed E-state index contributed by atoms with van der Waals surface area (Å²) in [5, 5.41) is 0. The molecule has 116 valence electrons. The van der Waals surface area contributed by atoms with Crippen molar-refractivity contribution in [3.05, 3.63) is 0 Å². The highest BCUT2D eigenvalue weighted by molar-refractivity contribution is 4.44. The molecule has 0 spiro atoms. The van der Waals surface area contributed by atoms with Crippen LogP contribution in [0.2, 0.25) is 0 Å². The third-order valence-electron chi connectivity index (χ3n) is 2.38. The van der Waals surface area contributed by atoms with Gasteiger partial charge in [0, 0.05) is 19.6 Å². The zero-order valence-corrected chi connectivity index (χ0v) is 13.4. The van der Waals surface area contributed by atoms with E-state index in [1.54, 1.807) is 0 Å². The van der Waals surface area contributed by atoms with E-state index in [0.717, 1.165) is 19.6 Å². The van der Waals surface area contributed by atoms with Gasteiger partial charge in [0.15, 0.2) is 0 Å². The average molecular weight is 277 g/mol. The summed E-state index contributed by atoms with van der Waals surface area (Å²) in [6.07, 6.45) is 0. The van der Waals surface area contributed by atoms with Gasteiger partial charge in [-0.3, -0.25) is 0 Å². The Bertz CT molecular complexity index is 168. The third kappa shape index (κ3) is 14.0. The predicted octanol–water partition coefficient (Wildman–Crippen LogP) is 0.00460. The summed E-state index contributed by atoms with van der Waals surface area (Å²) in [4.78, 5) is 6.20. The van der Waals surface area contributed by atoms with E-state index in [0.29, 0.717) is 19.8 Å². The summed E-state index contributed by atoms with van der Waals surface area (Å²) >= 11 is 0. The van der Waals surface area contributed by atoms with Crippen molar-refractivity contribution in [3.63, 3.8) is 0 Å². The van der Waals surface area contributed by atoms with E-state index in [1.807, 2.05) is 42.3 Å². The molecule has 0 aromatic heterocycles. The summed E-state index contributed by atoms with van der Waals surface area (Å²) in [6.45, 7) is 3.78. The molecule has 0 saturated carbocycles. The molecule has 0 bridgehead atoms. The normalized spacial score (nSPS) is 12.3. The molecule has 0 aliphatic rings. The highest BCUT2D eigenvalue weighted by Gasteiger charge is 2.10. The van der Waals surface area contributed by atoms with Crippen molar-refractivity contribution in [1.29, 1.82) is 0 Å². The molecule has 0 radical (unpaired) electrons. The summed E-state index contributed by atoms with van der Waals surface area (Å²) in [5.74, 6) is 0. The van der Waals surface area contributed by atoms with Gasteiger partial charge in [-0.2, -0.15) is 0 Å². The van der Waals surface area contributed by atoms with Gasteiger partial charge in [0.05, 0.1) is 19.8 Å². The second-order valence-electron chi connectivity index (χ2n) is 5.31. The van der Waals surface area contributed by atoms with Gasteiger partial charge in [-0.1, -0.05) is 0 Å². The monoisotopic (exact) mass is 277 g/mol. The lowest BCUT2D eigenvalue weighted by Gasteiger charge is -2.21. The van der Waals surface area contributed by atoms with Crippen molar-refractivity contribution in [2.24, 2.45) is 0 Å². The third-order valence-corrected chi connectivity index (χ3v) is 2.38. The molecule has 0 rings (SSSR count). The predicted molar refractivity (Wildman–Crippen MR) is 77.3 cm³/mol. The van der Waals surface area contributed by atoms with Crippen molar-refractivity contribution in [2.75, 3.05) is 81.7 Å². The lowest BCUT2D eigenvalue weighted by Crippen LogP contribution is -2.31. The minimum Gasteiger partial charge on any atom is -0.329 e. The zero-order valence-electron chi connectivity index (χ0n) is 13.4. The summed E-state index contributed by atoms with van der Waals surface area (Å²) < 4.78 is 16.8. The maximum absolute atomic E-state index is 5.59. The Labute approximate surface area is 118 Å². The highest BCUT2D eigenvalue weighted by Crippen LogP contribution is 1.99. The minimum atomic E-state index is -0.570. The average Bonchev–Trinajstić information content (AvgIpc) is 2.26. The van der Waals surface area contributed by atoms with Crippen LogP contribution in [-0.2, 0) is 14.2 Å². The van der Waals surface area contributed by atoms with Gasteiger partial charge in [0.25, 0.3) is 6.48 Å². The molecule has 0 aromatic carbocycles. The van der Waals surface area contributed by atoms with Crippen LogP contribution in [0.4, 0.5) is 0 Å². The number of hydrogen-bond donors (Lipinski definition) is 0. The van der Waals surface area contributed by atoms with E-state index in [4.69, 9.17) is 14.2 Å². The zero-order chi connectivity index (χ0) is 14.7. The van der Waals surface area contributed by atoms with Crippen LogP contribution in [0.15, 0.2) is 0 Å². The largest absolute Gasteiger partial charge is 0.329 e. The molecule has 0 amide bonds. The van der Waals surface area contributed by atoms with Crippen molar-refractivity contribution in [1.82, 2.24) is 14.7 Å². The van der Waals surface area contributed by atoms with Crippen LogP contribution in [0.5, 0.6) is 0 Å². The Hall–Kier alpha value is -0.240. The summed E-state index contributed by atoms with van der Waals surface area (Å²) in [7, 11) is 12.1. The molecule has 0 saturated heterocycles. The van der Waals surface area contributed by atoms with Gasteiger partial charge >= 0.3 is 0 Å². The molecule has 0 aromatic rings.